The molecular formula is C11H13N3OS. The van der Waals surface area contributed by atoms with E-state index in [2.05, 4.69) is 22.2 Å². The average Bonchev–Trinajstić information content (AvgIpc) is 2.78. The highest BCUT2D eigenvalue weighted by molar-refractivity contribution is 8.14. The predicted molar refractivity (Wildman–Crippen MR) is 65.7 cm³/mol. The fraction of sp³-hybridized carbons (Fsp3) is 0.364. The van der Waals surface area contributed by atoms with Crippen molar-refractivity contribution in [2.45, 2.75) is 18.6 Å². The molecule has 0 radical (unpaired) electrons. The zero-order valence-electron chi connectivity index (χ0n) is 9.01. The number of amides is 1. The first kappa shape index (κ1) is 11.1. The molecule has 1 N–H and O–H groups in total. The molecule has 1 amide bonds. The van der Waals surface area contributed by atoms with Gasteiger partial charge in [0.05, 0.1) is 6.54 Å². The van der Waals surface area contributed by atoms with Gasteiger partial charge in [0.25, 0.3) is 5.91 Å². The van der Waals surface area contributed by atoms with E-state index in [4.69, 9.17) is 0 Å². The molecule has 1 unspecified atom stereocenters. The summed E-state index contributed by atoms with van der Waals surface area (Å²) in [5.74, 6) is -0.191. The van der Waals surface area contributed by atoms with Gasteiger partial charge in [0.2, 0.25) is 0 Å². The number of aliphatic imine (C=N–C) groups is 1. The first-order valence-electron chi connectivity index (χ1n) is 5.23. The molecule has 0 saturated carbocycles. The highest BCUT2D eigenvalue weighted by Gasteiger charge is 2.19. The van der Waals surface area contributed by atoms with Crippen molar-refractivity contribution >= 4 is 22.8 Å². The van der Waals surface area contributed by atoms with Gasteiger partial charge in [0.1, 0.15) is 5.69 Å². The molecular weight excluding hydrogens is 222 g/mol. The summed E-state index contributed by atoms with van der Waals surface area (Å²) in [6, 6.07) is 5.26. The van der Waals surface area contributed by atoms with Gasteiger partial charge in [-0.3, -0.25) is 20.1 Å². The maximum absolute atomic E-state index is 11.7. The zero-order chi connectivity index (χ0) is 11.4. The van der Waals surface area contributed by atoms with Gasteiger partial charge in [-0.1, -0.05) is 24.8 Å². The van der Waals surface area contributed by atoms with Crippen LogP contribution in [0.2, 0.25) is 0 Å². The van der Waals surface area contributed by atoms with Crippen molar-refractivity contribution in [2.24, 2.45) is 4.99 Å². The second-order valence-corrected chi connectivity index (χ2v) is 4.75. The molecule has 16 heavy (non-hydrogen) atoms. The average molecular weight is 235 g/mol. The van der Waals surface area contributed by atoms with Crippen LogP contribution in [0.15, 0.2) is 29.4 Å². The lowest BCUT2D eigenvalue weighted by Crippen LogP contribution is -2.28. The fourth-order valence-corrected chi connectivity index (χ4v) is 2.29. The van der Waals surface area contributed by atoms with E-state index in [0.29, 0.717) is 16.1 Å². The monoisotopic (exact) mass is 235 g/mol. The summed E-state index contributed by atoms with van der Waals surface area (Å²) in [6.07, 6.45) is 2.67. The number of carbonyl (C=O) groups excluding carboxylic acids is 1. The van der Waals surface area contributed by atoms with E-state index in [1.165, 1.54) is 0 Å². The number of thioether (sulfide) groups is 1. The largest absolute Gasteiger partial charge is 0.300 e. The summed E-state index contributed by atoms with van der Waals surface area (Å²) in [6.45, 7) is 2.91. The molecule has 0 saturated heterocycles. The van der Waals surface area contributed by atoms with Gasteiger partial charge in [0, 0.05) is 11.4 Å². The van der Waals surface area contributed by atoms with E-state index in [-0.39, 0.29) is 5.91 Å². The number of rotatable bonds is 2. The standard InChI is InChI=1S/C11H13N3OS/c1-2-8-7-13-11(16-8)14-10(15)9-5-3-4-6-12-9/h3-6,8H,2,7H2,1H3,(H,13,14,15). The number of nitrogens with zero attached hydrogens (tertiary/aromatic N) is 2. The van der Waals surface area contributed by atoms with Crippen LogP contribution in [0.1, 0.15) is 23.8 Å². The Kier molecular flexibility index (Phi) is 3.56. The topological polar surface area (TPSA) is 54.4 Å². The van der Waals surface area contributed by atoms with Crippen LogP contribution < -0.4 is 5.32 Å². The zero-order valence-corrected chi connectivity index (χ0v) is 9.83. The smallest absolute Gasteiger partial charge is 0.275 e. The lowest BCUT2D eigenvalue weighted by atomic mass is 10.3. The molecule has 1 aliphatic heterocycles. The summed E-state index contributed by atoms with van der Waals surface area (Å²) < 4.78 is 0. The predicted octanol–water partition coefficient (Wildman–Crippen LogP) is 1.69. The number of amidine groups is 1. The lowest BCUT2D eigenvalue weighted by Gasteiger charge is -2.05. The Balaban J connectivity index is 1.94. The first-order chi connectivity index (χ1) is 7.79. The Labute approximate surface area is 98.6 Å². The minimum absolute atomic E-state index is 0.191. The van der Waals surface area contributed by atoms with Gasteiger partial charge in [-0.05, 0) is 18.6 Å². The van der Waals surface area contributed by atoms with Crippen molar-refractivity contribution in [1.82, 2.24) is 10.3 Å². The quantitative estimate of drug-likeness (QED) is 0.848. The molecule has 4 nitrogen and oxygen atoms in total. The van der Waals surface area contributed by atoms with E-state index >= 15 is 0 Å². The van der Waals surface area contributed by atoms with E-state index in [9.17, 15) is 4.79 Å². The minimum atomic E-state index is -0.191. The molecule has 1 atom stereocenters. The molecule has 1 aliphatic rings. The Morgan fingerprint density at radius 1 is 1.62 bits per heavy atom. The number of pyridine rings is 1. The molecule has 0 aliphatic carbocycles. The summed E-state index contributed by atoms with van der Waals surface area (Å²) >= 11 is 1.62. The number of hydrogen-bond donors (Lipinski definition) is 1. The second-order valence-electron chi connectivity index (χ2n) is 3.46. The van der Waals surface area contributed by atoms with Crippen molar-refractivity contribution < 1.29 is 4.79 Å². The summed E-state index contributed by atoms with van der Waals surface area (Å²) in [7, 11) is 0. The molecule has 84 valence electrons. The van der Waals surface area contributed by atoms with Crippen LogP contribution >= 0.6 is 11.8 Å². The van der Waals surface area contributed by atoms with Crippen molar-refractivity contribution in [3.63, 3.8) is 0 Å². The van der Waals surface area contributed by atoms with Crippen molar-refractivity contribution in [3.8, 4) is 0 Å². The van der Waals surface area contributed by atoms with Crippen LogP contribution in [-0.2, 0) is 0 Å². The van der Waals surface area contributed by atoms with Crippen LogP contribution in [0.4, 0.5) is 0 Å². The summed E-state index contributed by atoms with van der Waals surface area (Å²) in [5.41, 5.74) is 0.422. The summed E-state index contributed by atoms with van der Waals surface area (Å²) in [4.78, 5) is 20.0. The maximum atomic E-state index is 11.7. The van der Waals surface area contributed by atoms with Crippen LogP contribution in [0.5, 0.6) is 0 Å². The SMILES string of the molecule is CCC1CN=C(NC(=O)c2ccccn2)S1. The Morgan fingerprint density at radius 2 is 2.50 bits per heavy atom. The molecule has 1 aromatic rings. The molecule has 0 spiro atoms. The van der Waals surface area contributed by atoms with E-state index < -0.39 is 0 Å². The van der Waals surface area contributed by atoms with Crippen molar-refractivity contribution in [2.75, 3.05) is 6.54 Å². The minimum Gasteiger partial charge on any atom is -0.300 e. The third-order valence-corrected chi connectivity index (χ3v) is 3.56. The normalized spacial score (nSPS) is 19.3. The number of nitrogens with one attached hydrogen (secondary N) is 1. The number of aromatic nitrogens is 1. The van der Waals surface area contributed by atoms with E-state index in [1.54, 1.807) is 36.2 Å². The molecule has 1 aromatic heterocycles. The number of carbonyl (C=O) groups is 1. The van der Waals surface area contributed by atoms with E-state index in [0.717, 1.165) is 13.0 Å². The third kappa shape index (κ3) is 2.61. The fourth-order valence-electron chi connectivity index (χ4n) is 1.36. The highest BCUT2D eigenvalue weighted by atomic mass is 32.2. The van der Waals surface area contributed by atoms with Crippen molar-refractivity contribution in [3.05, 3.63) is 30.1 Å². The molecule has 0 aromatic carbocycles. The van der Waals surface area contributed by atoms with Gasteiger partial charge in [-0.25, -0.2) is 0 Å². The first-order valence-corrected chi connectivity index (χ1v) is 6.11. The third-order valence-electron chi connectivity index (χ3n) is 2.29. The van der Waals surface area contributed by atoms with Crippen LogP contribution in [0.25, 0.3) is 0 Å². The maximum Gasteiger partial charge on any atom is 0.275 e. The van der Waals surface area contributed by atoms with Crippen LogP contribution in [-0.4, -0.2) is 27.9 Å². The van der Waals surface area contributed by atoms with Gasteiger partial charge in [0.15, 0.2) is 5.17 Å². The Hall–Kier alpha value is -1.36. The number of hydrogen-bond acceptors (Lipinski definition) is 4. The molecule has 0 fully saturated rings. The van der Waals surface area contributed by atoms with E-state index in [1.807, 2.05) is 0 Å². The van der Waals surface area contributed by atoms with Crippen LogP contribution in [0, 0.1) is 0 Å². The second kappa shape index (κ2) is 5.12. The molecule has 5 heteroatoms. The van der Waals surface area contributed by atoms with Gasteiger partial charge in [-0.2, -0.15) is 0 Å². The lowest BCUT2D eigenvalue weighted by molar-refractivity contribution is 0.0973. The molecule has 2 heterocycles. The van der Waals surface area contributed by atoms with Gasteiger partial charge < -0.3 is 0 Å². The molecule has 0 bridgehead atoms. The summed E-state index contributed by atoms with van der Waals surface area (Å²) in [5, 5.41) is 3.98. The van der Waals surface area contributed by atoms with Crippen LogP contribution in [0.3, 0.4) is 0 Å². The van der Waals surface area contributed by atoms with Crippen molar-refractivity contribution in [1.29, 1.82) is 0 Å². The Morgan fingerprint density at radius 3 is 3.12 bits per heavy atom. The van der Waals surface area contributed by atoms with Gasteiger partial charge in [-0.15, -0.1) is 0 Å². The highest BCUT2D eigenvalue weighted by Crippen LogP contribution is 2.21. The Bertz CT molecular complexity index is 405. The van der Waals surface area contributed by atoms with Gasteiger partial charge >= 0.3 is 0 Å². The molecule has 2 rings (SSSR count).